The van der Waals surface area contributed by atoms with E-state index in [0.29, 0.717) is 38.6 Å². The molecule has 0 aromatic heterocycles. The Kier molecular flexibility index (Phi) is 8.53. The van der Waals surface area contributed by atoms with Crippen molar-refractivity contribution in [2.45, 2.75) is 13.2 Å². The fraction of sp³-hybridized carbons (Fsp3) is 0.115. The van der Waals surface area contributed by atoms with Crippen LogP contribution in [0.15, 0.2) is 71.6 Å². The van der Waals surface area contributed by atoms with Gasteiger partial charge < -0.3 is 14.6 Å². The van der Waals surface area contributed by atoms with Crippen LogP contribution in [-0.4, -0.2) is 32.7 Å². The fourth-order valence-corrected chi connectivity index (χ4v) is 4.76. The molecule has 1 aliphatic rings. The summed E-state index contributed by atoms with van der Waals surface area (Å²) in [5.41, 5.74) is 2.54. The van der Waals surface area contributed by atoms with E-state index >= 15 is 0 Å². The predicted octanol–water partition coefficient (Wildman–Crippen LogP) is 6.44. The van der Waals surface area contributed by atoms with Crippen LogP contribution in [0.2, 0.25) is 10.0 Å². The molecule has 0 bridgehead atoms. The molecule has 0 saturated carbocycles. The maximum absolute atomic E-state index is 12.6. The quantitative estimate of drug-likeness (QED) is 0.239. The number of rotatable bonds is 9. The van der Waals surface area contributed by atoms with E-state index in [2.05, 4.69) is 0 Å². The van der Waals surface area contributed by atoms with E-state index in [1.54, 1.807) is 48.5 Å². The molecule has 3 aromatic rings. The SMILES string of the molecule is O=C(O)CN1C(=O)/C(=C/c2ccc(OCc3ccc(Cl)cc3)c(OCc3ccc(Cl)cc3)c2)SC1=S. The number of hydrogen-bond donors (Lipinski definition) is 1. The van der Waals surface area contributed by atoms with Crippen molar-refractivity contribution in [3.05, 3.63) is 98.4 Å². The summed E-state index contributed by atoms with van der Waals surface area (Å²) in [5, 5.41) is 10.3. The zero-order valence-electron chi connectivity index (χ0n) is 18.6. The number of hydrogen-bond acceptors (Lipinski definition) is 6. The summed E-state index contributed by atoms with van der Waals surface area (Å²) < 4.78 is 12.3. The zero-order valence-corrected chi connectivity index (χ0v) is 21.8. The summed E-state index contributed by atoms with van der Waals surface area (Å²) >= 11 is 18.2. The summed E-state index contributed by atoms with van der Waals surface area (Å²) in [6, 6.07) is 20.0. The zero-order chi connectivity index (χ0) is 25.7. The highest BCUT2D eigenvalue weighted by atomic mass is 35.5. The molecule has 10 heteroatoms. The van der Waals surface area contributed by atoms with Gasteiger partial charge in [0.1, 0.15) is 24.1 Å². The van der Waals surface area contributed by atoms with Crippen molar-refractivity contribution in [3.63, 3.8) is 0 Å². The van der Waals surface area contributed by atoms with Gasteiger partial charge in [-0.1, -0.05) is 77.5 Å². The molecule has 0 atom stereocenters. The molecule has 1 heterocycles. The third-order valence-electron chi connectivity index (χ3n) is 5.05. The van der Waals surface area contributed by atoms with Crippen LogP contribution < -0.4 is 9.47 Å². The van der Waals surface area contributed by atoms with Crippen LogP contribution in [0.4, 0.5) is 0 Å². The van der Waals surface area contributed by atoms with E-state index in [-0.39, 0.29) is 10.9 Å². The second kappa shape index (κ2) is 11.8. The van der Waals surface area contributed by atoms with Crippen LogP contribution in [0.25, 0.3) is 6.08 Å². The number of carbonyl (C=O) groups excluding carboxylic acids is 1. The summed E-state index contributed by atoms with van der Waals surface area (Å²) in [6.07, 6.45) is 1.65. The third-order valence-corrected chi connectivity index (χ3v) is 6.93. The van der Waals surface area contributed by atoms with E-state index in [1.165, 1.54) is 0 Å². The average molecular weight is 560 g/mol. The van der Waals surface area contributed by atoms with Crippen LogP contribution in [0.1, 0.15) is 16.7 Å². The van der Waals surface area contributed by atoms with Crippen molar-refractivity contribution >= 4 is 69.5 Å². The Morgan fingerprint density at radius 3 is 2.03 bits per heavy atom. The molecule has 0 radical (unpaired) electrons. The van der Waals surface area contributed by atoms with Gasteiger partial charge in [-0.15, -0.1) is 0 Å². The van der Waals surface area contributed by atoms with Gasteiger partial charge in [-0.25, -0.2) is 0 Å². The van der Waals surface area contributed by atoms with Crippen molar-refractivity contribution in [1.29, 1.82) is 0 Å². The lowest BCUT2D eigenvalue weighted by Gasteiger charge is -2.14. The van der Waals surface area contributed by atoms with Gasteiger partial charge in [0.25, 0.3) is 5.91 Å². The Hall–Kier alpha value is -3.04. The Morgan fingerprint density at radius 1 is 0.917 bits per heavy atom. The lowest BCUT2D eigenvalue weighted by Crippen LogP contribution is -2.33. The molecule has 4 rings (SSSR count). The maximum atomic E-state index is 12.6. The van der Waals surface area contributed by atoms with Gasteiger partial charge in [-0.2, -0.15) is 0 Å². The van der Waals surface area contributed by atoms with Gasteiger partial charge in [-0.3, -0.25) is 14.5 Å². The molecule has 0 aliphatic carbocycles. The van der Waals surface area contributed by atoms with E-state index in [0.717, 1.165) is 27.8 Å². The molecule has 1 N–H and O–H groups in total. The summed E-state index contributed by atoms with van der Waals surface area (Å²) in [5.74, 6) is -0.574. The minimum atomic E-state index is -1.13. The first-order valence-corrected chi connectivity index (χ1v) is 12.6. The second-order valence-electron chi connectivity index (χ2n) is 7.70. The molecule has 6 nitrogen and oxygen atoms in total. The first kappa shape index (κ1) is 26.0. The lowest BCUT2D eigenvalue weighted by molar-refractivity contribution is -0.140. The van der Waals surface area contributed by atoms with Crippen LogP contribution in [0.5, 0.6) is 11.5 Å². The highest BCUT2D eigenvalue weighted by Gasteiger charge is 2.33. The van der Waals surface area contributed by atoms with E-state index < -0.39 is 18.4 Å². The number of benzene rings is 3. The lowest BCUT2D eigenvalue weighted by atomic mass is 10.1. The van der Waals surface area contributed by atoms with Crippen molar-refractivity contribution < 1.29 is 24.2 Å². The van der Waals surface area contributed by atoms with E-state index in [4.69, 9.17) is 50.0 Å². The number of aliphatic carboxylic acids is 1. The molecule has 1 fully saturated rings. The number of carboxylic acid groups (broad SMARTS) is 1. The summed E-state index contributed by atoms with van der Waals surface area (Å²) in [7, 11) is 0. The third kappa shape index (κ3) is 6.79. The summed E-state index contributed by atoms with van der Waals surface area (Å²) in [6.45, 7) is 0.106. The minimum absolute atomic E-state index is 0.204. The Labute approximate surface area is 227 Å². The number of amides is 1. The molecule has 1 saturated heterocycles. The van der Waals surface area contributed by atoms with Crippen LogP contribution in [-0.2, 0) is 22.8 Å². The Bertz CT molecular complexity index is 1330. The number of carboxylic acids is 1. The minimum Gasteiger partial charge on any atom is -0.485 e. The average Bonchev–Trinajstić information content (AvgIpc) is 3.11. The van der Waals surface area contributed by atoms with Crippen LogP contribution in [0.3, 0.4) is 0 Å². The number of thiocarbonyl (C=S) groups is 1. The number of thioether (sulfide) groups is 1. The first-order chi connectivity index (χ1) is 17.3. The van der Waals surface area contributed by atoms with Crippen LogP contribution >= 0.6 is 47.2 Å². The molecular formula is C26H19Cl2NO5S2. The van der Waals surface area contributed by atoms with E-state index in [1.807, 2.05) is 24.3 Å². The maximum Gasteiger partial charge on any atom is 0.323 e. The number of nitrogens with zero attached hydrogens (tertiary/aromatic N) is 1. The van der Waals surface area contributed by atoms with Gasteiger partial charge in [0.15, 0.2) is 11.5 Å². The monoisotopic (exact) mass is 559 g/mol. The molecule has 1 amide bonds. The molecule has 3 aromatic carbocycles. The fourth-order valence-electron chi connectivity index (χ4n) is 3.25. The molecule has 1 aliphatic heterocycles. The predicted molar refractivity (Wildman–Crippen MR) is 146 cm³/mol. The summed E-state index contributed by atoms with van der Waals surface area (Å²) in [4.78, 5) is 25.1. The van der Waals surface area contributed by atoms with Gasteiger partial charge in [-0.05, 0) is 59.2 Å². The van der Waals surface area contributed by atoms with Crippen molar-refractivity contribution in [3.8, 4) is 11.5 Å². The molecule has 36 heavy (non-hydrogen) atoms. The molecule has 0 spiro atoms. The normalized spacial score (nSPS) is 14.4. The van der Waals surface area contributed by atoms with Gasteiger partial charge >= 0.3 is 5.97 Å². The topological polar surface area (TPSA) is 76.1 Å². The number of carbonyl (C=O) groups is 2. The van der Waals surface area contributed by atoms with Gasteiger partial charge in [0.05, 0.1) is 4.91 Å². The Morgan fingerprint density at radius 2 is 1.47 bits per heavy atom. The molecular weight excluding hydrogens is 541 g/mol. The van der Waals surface area contributed by atoms with Crippen molar-refractivity contribution in [1.82, 2.24) is 4.90 Å². The second-order valence-corrected chi connectivity index (χ2v) is 10.2. The largest absolute Gasteiger partial charge is 0.485 e. The van der Waals surface area contributed by atoms with Crippen LogP contribution in [0, 0.1) is 0 Å². The number of ether oxygens (including phenoxy) is 2. The van der Waals surface area contributed by atoms with Crippen molar-refractivity contribution in [2.24, 2.45) is 0 Å². The molecule has 184 valence electrons. The highest BCUT2D eigenvalue weighted by Crippen LogP contribution is 2.35. The van der Waals surface area contributed by atoms with E-state index in [9.17, 15) is 9.59 Å². The molecule has 0 unspecified atom stereocenters. The highest BCUT2D eigenvalue weighted by molar-refractivity contribution is 8.26. The number of halogens is 2. The van der Waals surface area contributed by atoms with Gasteiger partial charge in [0.2, 0.25) is 0 Å². The Balaban J connectivity index is 1.57. The first-order valence-electron chi connectivity index (χ1n) is 10.6. The van der Waals surface area contributed by atoms with Gasteiger partial charge in [0, 0.05) is 10.0 Å². The van der Waals surface area contributed by atoms with Crippen molar-refractivity contribution in [2.75, 3.05) is 6.54 Å². The smallest absolute Gasteiger partial charge is 0.323 e. The standard InChI is InChI=1S/C26H19Cl2NO5S2/c27-19-6-1-16(2-7-19)14-33-21-10-5-18(11-22(21)34-15-17-3-8-20(28)9-4-17)12-23-25(32)29(13-24(30)31)26(35)36-23/h1-12H,13-15H2,(H,30,31)/b23-12-.